The van der Waals surface area contributed by atoms with Gasteiger partial charge in [0, 0.05) is 13.1 Å². The quantitative estimate of drug-likeness (QED) is 0.750. The van der Waals surface area contributed by atoms with Gasteiger partial charge in [-0.25, -0.2) is 0 Å². The molecular formula is C17H27N3O2S. The van der Waals surface area contributed by atoms with E-state index in [1.54, 1.807) is 0 Å². The predicted molar refractivity (Wildman–Crippen MR) is 93.8 cm³/mol. The van der Waals surface area contributed by atoms with Crippen LogP contribution in [0.4, 0.5) is 0 Å². The van der Waals surface area contributed by atoms with Crippen LogP contribution in [-0.4, -0.2) is 48.9 Å². The molecule has 128 valence electrons. The number of nitrogens with one attached hydrogen (secondary N) is 2. The van der Waals surface area contributed by atoms with Gasteiger partial charge in [-0.3, -0.25) is 14.5 Å². The smallest absolute Gasteiger partial charge is 0.261 e. The lowest BCUT2D eigenvalue weighted by atomic mass is 10.2. The molecule has 1 aliphatic heterocycles. The molecule has 0 radical (unpaired) electrons. The van der Waals surface area contributed by atoms with Crippen molar-refractivity contribution in [3.8, 4) is 0 Å². The lowest BCUT2D eigenvalue weighted by molar-refractivity contribution is -0.125. The van der Waals surface area contributed by atoms with Crippen molar-refractivity contribution in [2.75, 3.05) is 26.2 Å². The van der Waals surface area contributed by atoms with Crippen LogP contribution >= 0.6 is 11.3 Å². The third-order valence-corrected chi connectivity index (χ3v) is 5.12. The SMILES string of the molecule is CC(C(=O)NCCCNC(=O)c1cccs1)N1CCCCCC1. The monoisotopic (exact) mass is 337 g/mol. The van der Waals surface area contributed by atoms with E-state index in [1.807, 2.05) is 24.4 Å². The normalized spacial score (nSPS) is 17.3. The number of carbonyl (C=O) groups is 2. The summed E-state index contributed by atoms with van der Waals surface area (Å²) in [5.74, 6) is 0.0562. The van der Waals surface area contributed by atoms with Crippen LogP contribution in [0.25, 0.3) is 0 Å². The summed E-state index contributed by atoms with van der Waals surface area (Å²) >= 11 is 1.43. The van der Waals surface area contributed by atoms with Crippen molar-refractivity contribution in [3.05, 3.63) is 22.4 Å². The topological polar surface area (TPSA) is 61.4 Å². The molecule has 1 aliphatic rings. The van der Waals surface area contributed by atoms with E-state index in [4.69, 9.17) is 0 Å². The zero-order valence-corrected chi connectivity index (χ0v) is 14.7. The van der Waals surface area contributed by atoms with Crippen LogP contribution in [0.2, 0.25) is 0 Å². The Labute approximate surface area is 142 Å². The number of hydrogen-bond donors (Lipinski definition) is 2. The summed E-state index contributed by atoms with van der Waals surface area (Å²) in [6.07, 6.45) is 5.66. The molecule has 2 rings (SSSR count). The van der Waals surface area contributed by atoms with Crippen LogP contribution in [0.5, 0.6) is 0 Å². The van der Waals surface area contributed by atoms with Crippen molar-refractivity contribution in [1.82, 2.24) is 15.5 Å². The van der Waals surface area contributed by atoms with E-state index in [0.29, 0.717) is 13.1 Å². The summed E-state index contributed by atoms with van der Waals surface area (Å²) in [7, 11) is 0. The minimum atomic E-state index is -0.0613. The molecule has 1 saturated heterocycles. The maximum absolute atomic E-state index is 12.2. The van der Waals surface area contributed by atoms with Gasteiger partial charge in [-0.15, -0.1) is 11.3 Å². The van der Waals surface area contributed by atoms with Gasteiger partial charge in [0.15, 0.2) is 0 Å². The number of carbonyl (C=O) groups excluding carboxylic acids is 2. The van der Waals surface area contributed by atoms with E-state index >= 15 is 0 Å². The minimum Gasteiger partial charge on any atom is -0.355 e. The number of thiophene rings is 1. The second kappa shape index (κ2) is 9.67. The van der Waals surface area contributed by atoms with Crippen LogP contribution < -0.4 is 10.6 Å². The molecule has 0 saturated carbocycles. The predicted octanol–water partition coefficient (Wildman–Crippen LogP) is 2.25. The van der Waals surface area contributed by atoms with Crippen LogP contribution in [0, 0.1) is 0 Å². The summed E-state index contributed by atoms with van der Waals surface area (Å²) in [5.41, 5.74) is 0. The lowest BCUT2D eigenvalue weighted by Crippen LogP contribution is -2.46. The number of nitrogens with zero attached hydrogens (tertiary/aromatic N) is 1. The van der Waals surface area contributed by atoms with Gasteiger partial charge in [0.2, 0.25) is 5.91 Å². The van der Waals surface area contributed by atoms with Crippen molar-refractivity contribution >= 4 is 23.2 Å². The van der Waals surface area contributed by atoms with Gasteiger partial charge >= 0.3 is 0 Å². The van der Waals surface area contributed by atoms with Gasteiger partial charge < -0.3 is 10.6 Å². The molecule has 5 nitrogen and oxygen atoms in total. The average Bonchev–Trinajstić information content (AvgIpc) is 2.96. The first-order chi connectivity index (χ1) is 11.2. The Morgan fingerprint density at radius 3 is 2.52 bits per heavy atom. The number of rotatable bonds is 7. The summed E-state index contributed by atoms with van der Waals surface area (Å²) in [4.78, 5) is 27.0. The highest BCUT2D eigenvalue weighted by molar-refractivity contribution is 7.12. The molecule has 2 heterocycles. The second-order valence-corrected chi connectivity index (χ2v) is 6.95. The third kappa shape index (κ3) is 5.95. The maximum atomic E-state index is 12.2. The van der Waals surface area contributed by atoms with Gasteiger partial charge in [0.05, 0.1) is 10.9 Å². The molecule has 0 bridgehead atoms. The molecule has 1 atom stereocenters. The zero-order valence-electron chi connectivity index (χ0n) is 13.8. The first kappa shape index (κ1) is 17.9. The van der Waals surface area contributed by atoms with Crippen molar-refractivity contribution in [2.24, 2.45) is 0 Å². The Kier molecular flexibility index (Phi) is 7.55. The summed E-state index contributed by atoms with van der Waals surface area (Å²) in [6.45, 7) is 5.20. The highest BCUT2D eigenvalue weighted by Gasteiger charge is 2.21. The molecule has 2 amide bonds. The standard InChI is InChI=1S/C17H27N3O2S/c1-14(20-11-4-2-3-5-12-20)16(21)18-9-7-10-19-17(22)15-8-6-13-23-15/h6,8,13-14H,2-5,7,9-12H2,1H3,(H,18,21)(H,19,22). The highest BCUT2D eigenvalue weighted by Crippen LogP contribution is 2.12. The van der Waals surface area contributed by atoms with Crippen LogP contribution in [0.1, 0.15) is 48.7 Å². The molecule has 0 spiro atoms. The molecule has 1 unspecified atom stereocenters. The fraction of sp³-hybridized carbons (Fsp3) is 0.647. The van der Waals surface area contributed by atoms with Gasteiger partial charge in [-0.1, -0.05) is 18.9 Å². The molecular weight excluding hydrogens is 310 g/mol. The second-order valence-electron chi connectivity index (χ2n) is 6.00. The van der Waals surface area contributed by atoms with Crippen molar-refractivity contribution < 1.29 is 9.59 Å². The summed E-state index contributed by atoms with van der Waals surface area (Å²) in [5, 5.41) is 7.74. The number of amides is 2. The van der Waals surface area contributed by atoms with E-state index in [1.165, 1.54) is 37.0 Å². The van der Waals surface area contributed by atoms with Gasteiger partial charge in [-0.05, 0) is 50.7 Å². The van der Waals surface area contributed by atoms with Crippen LogP contribution in [0.3, 0.4) is 0 Å². The lowest BCUT2D eigenvalue weighted by Gasteiger charge is -2.26. The van der Waals surface area contributed by atoms with E-state index < -0.39 is 0 Å². The highest BCUT2D eigenvalue weighted by atomic mass is 32.1. The largest absolute Gasteiger partial charge is 0.355 e. The van der Waals surface area contributed by atoms with Crippen molar-refractivity contribution in [2.45, 2.75) is 45.1 Å². The fourth-order valence-electron chi connectivity index (χ4n) is 2.79. The molecule has 6 heteroatoms. The van der Waals surface area contributed by atoms with E-state index in [-0.39, 0.29) is 17.9 Å². The van der Waals surface area contributed by atoms with Crippen LogP contribution in [0.15, 0.2) is 17.5 Å². The molecule has 23 heavy (non-hydrogen) atoms. The van der Waals surface area contributed by atoms with Gasteiger partial charge in [0.25, 0.3) is 5.91 Å². The first-order valence-electron chi connectivity index (χ1n) is 8.52. The molecule has 1 fully saturated rings. The fourth-order valence-corrected chi connectivity index (χ4v) is 3.43. The number of hydrogen-bond acceptors (Lipinski definition) is 4. The summed E-state index contributed by atoms with van der Waals surface area (Å²) < 4.78 is 0. The Morgan fingerprint density at radius 2 is 1.87 bits per heavy atom. The van der Waals surface area contributed by atoms with Gasteiger partial charge in [-0.2, -0.15) is 0 Å². The van der Waals surface area contributed by atoms with E-state index in [0.717, 1.165) is 24.4 Å². The number of likely N-dealkylation sites (tertiary alicyclic amines) is 1. The zero-order chi connectivity index (χ0) is 16.5. The van der Waals surface area contributed by atoms with E-state index in [9.17, 15) is 9.59 Å². The van der Waals surface area contributed by atoms with E-state index in [2.05, 4.69) is 15.5 Å². The average molecular weight is 337 g/mol. The Bertz CT molecular complexity index is 482. The molecule has 1 aromatic heterocycles. The molecule has 0 aromatic carbocycles. The Balaban J connectivity index is 1.59. The molecule has 1 aromatic rings. The van der Waals surface area contributed by atoms with Crippen LogP contribution in [-0.2, 0) is 4.79 Å². The Hall–Kier alpha value is -1.40. The van der Waals surface area contributed by atoms with Crippen molar-refractivity contribution in [3.63, 3.8) is 0 Å². The minimum absolute atomic E-state index is 0.0377. The maximum Gasteiger partial charge on any atom is 0.261 e. The van der Waals surface area contributed by atoms with Crippen molar-refractivity contribution in [1.29, 1.82) is 0 Å². The first-order valence-corrected chi connectivity index (χ1v) is 9.40. The molecule has 0 aliphatic carbocycles. The van der Waals surface area contributed by atoms with Gasteiger partial charge in [0.1, 0.15) is 0 Å². The third-order valence-electron chi connectivity index (χ3n) is 4.25. The molecule has 2 N–H and O–H groups in total. The Morgan fingerprint density at radius 1 is 1.17 bits per heavy atom. The summed E-state index contributed by atoms with van der Waals surface area (Å²) in [6, 6.07) is 3.61.